The van der Waals surface area contributed by atoms with E-state index in [2.05, 4.69) is 10.6 Å². The number of amides is 1. The van der Waals surface area contributed by atoms with Crippen LogP contribution in [0.2, 0.25) is 10.0 Å². The Kier molecular flexibility index (Phi) is 8.95. The molecule has 1 heterocycles. The maximum atomic E-state index is 11.7. The maximum Gasteiger partial charge on any atom is 0.223 e. The number of piperidine rings is 1. The minimum atomic E-state index is 0. The number of ether oxygens (including phenoxy) is 1. The quantitative estimate of drug-likeness (QED) is 0.811. The number of hydrogen-bond acceptors (Lipinski definition) is 3. The smallest absolute Gasteiger partial charge is 0.223 e. The molecular weight excluding hydrogens is 347 g/mol. The normalized spacial score (nSPS) is 17.5. The highest BCUT2D eigenvalue weighted by Crippen LogP contribution is 2.27. The van der Waals surface area contributed by atoms with Gasteiger partial charge in [0.1, 0.15) is 5.75 Å². The van der Waals surface area contributed by atoms with E-state index in [0.717, 1.165) is 19.6 Å². The Morgan fingerprint density at radius 2 is 2.23 bits per heavy atom. The van der Waals surface area contributed by atoms with E-state index >= 15 is 0 Å². The molecule has 22 heavy (non-hydrogen) atoms. The molecular formula is C15H21Cl3N2O2. The first kappa shape index (κ1) is 19.4. The van der Waals surface area contributed by atoms with Gasteiger partial charge in [-0.05, 0) is 50.0 Å². The van der Waals surface area contributed by atoms with Gasteiger partial charge >= 0.3 is 0 Å². The number of hydrogen-bond donors (Lipinski definition) is 2. The van der Waals surface area contributed by atoms with Crippen LogP contribution in [0.15, 0.2) is 18.2 Å². The van der Waals surface area contributed by atoms with Crippen molar-refractivity contribution in [1.82, 2.24) is 10.6 Å². The van der Waals surface area contributed by atoms with Crippen LogP contribution in [0.3, 0.4) is 0 Å². The lowest BCUT2D eigenvalue weighted by molar-refractivity contribution is -0.121. The summed E-state index contributed by atoms with van der Waals surface area (Å²) in [6, 6.07) is 5.03. The molecule has 1 aromatic rings. The summed E-state index contributed by atoms with van der Waals surface area (Å²) in [5, 5.41) is 7.30. The summed E-state index contributed by atoms with van der Waals surface area (Å²) >= 11 is 11.8. The van der Waals surface area contributed by atoms with Crippen LogP contribution < -0.4 is 15.4 Å². The van der Waals surface area contributed by atoms with Crippen molar-refractivity contribution in [3.8, 4) is 5.75 Å². The second kappa shape index (κ2) is 10.2. The molecule has 2 N–H and O–H groups in total. The monoisotopic (exact) mass is 366 g/mol. The maximum absolute atomic E-state index is 11.7. The number of halogens is 3. The van der Waals surface area contributed by atoms with Crippen molar-refractivity contribution in [2.75, 3.05) is 26.2 Å². The SMILES string of the molecule is Cl.O=C(CCOc1ccc(Cl)cc1Cl)NCC1CCCNC1. The Labute approximate surface area is 147 Å². The fraction of sp³-hybridized carbons (Fsp3) is 0.533. The summed E-state index contributed by atoms with van der Waals surface area (Å²) in [7, 11) is 0. The van der Waals surface area contributed by atoms with Gasteiger partial charge in [-0.1, -0.05) is 23.2 Å². The van der Waals surface area contributed by atoms with E-state index in [1.807, 2.05) is 0 Å². The van der Waals surface area contributed by atoms with Crippen LogP contribution >= 0.6 is 35.6 Å². The molecule has 0 saturated carbocycles. The summed E-state index contributed by atoms with van der Waals surface area (Å²) in [5.74, 6) is 1.09. The summed E-state index contributed by atoms with van der Waals surface area (Å²) in [4.78, 5) is 11.7. The molecule has 0 spiro atoms. The van der Waals surface area contributed by atoms with Gasteiger partial charge < -0.3 is 15.4 Å². The highest BCUT2D eigenvalue weighted by atomic mass is 35.5. The highest BCUT2D eigenvalue weighted by molar-refractivity contribution is 6.35. The second-order valence-electron chi connectivity index (χ2n) is 5.19. The van der Waals surface area contributed by atoms with Crippen LogP contribution in [-0.4, -0.2) is 32.1 Å². The third-order valence-electron chi connectivity index (χ3n) is 3.47. The first-order valence-corrected chi connectivity index (χ1v) is 7.96. The van der Waals surface area contributed by atoms with Crippen LogP contribution in [0.1, 0.15) is 19.3 Å². The molecule has 0 radical (unpaired) electrons. The zero-order valence-corrected chi connectivity index (χ0v) is 14.6. The van der Waals surface area contributed by atoms with Crippen LogP contribution in [0.5, 0.6) is 5.75 Å². The topological polar surface area (TPSA) is 50.4 Å². The van der Waals surface area contributed by atoms with E-state index in [0.29, 0.717) is 34.7 Å². The van der Waals surface area contributed by atoms with E-state index in [4.69, 9.17) is 27.9 Å². The average molecular weight is 368 g/mol. The van der Waals surface area contributed by atoms with Crippen molar-refractivity contribution in [2.24, 2.45) is 5.92 Å². The standard InChI is InChI=1S/C15H20Cl2N2O2.ClH/c16-12-3-4-14(13(17)8-12)21-7-5-15(20)19-10-11-2-1-6-18-9-11;/h3-4,8,11,18H,1-2,5-7,9-10H2,(H,19,20);1H. The Morgan fingerprint density at radius 1 is 1.41 bits per heavy atom. The summed E-state index contributed by atoms with van der Waals surface area (Å²) in [5.41, 5.74) is 0. The molecule has 1 aliphatic heterocycles. The van der Waals surface area contributed by atoms with Gasteiger partial charge in [0.05, 0.1) is 18.1 Å². The van der Waals surface area contributed by atoms with E-state index in [-0.39, 0.29) is 18.3 Å². The molecule has 7 heteroatoms. The lowest BCUT2D eigenvalue weighted by Gasteiger charge is -2.22. The Hall–Kier alpha value is -0.680. The summed E-state index contributed by atoms with van der Waals surface area (Å²) < 4.78 is 5.49. The van der Waals surface area contributed by atoms with Gasteiger partial charge in [0.15, 0.2) is 0 Å². The van der Waals surface area contributed by atoms with E-state index < -0.39 is 0 Å². The zero-order valence-electron chi connectivity index (χ0n) is 12.2. The first-order chi connectivity index (χ1) is 10.1. The minimum Gasteiger partial charge on any atom is -0.491 e. The lowest BCUT2D eigenvalue weighted by atomic mass is 10.00. The molecule has 1 aliphatic rings. The molecule has 124 valence electrons. The fourth-order valence-electron chi connectivity index (χ4n) is 2.29. The van der Waals surface area contributed by atoms with Gasteiger partial charge in [-0.25, -0.2) is 0 Å². The lowest BCUT2D eigenvalue weighted by Crippen LogP contribution is -2.38. The summed E-state index contributed by atoms with van der Waals surface area (Å²) in [6.07, 6.45) is 2.67. The van der Waals surface area contributed by atoms with Crippen molar-refractivity contribution in [1.29, 1.82) is 0 Å². The third-order valence-corrected chi connectivity index (χ3v) is 4.00. The first-order valence-electron chi connectivity index (χ1n) is 7.20. The van der Waals surface area contributed by atoms with E-state index in [1.165, 1.54) is 12.8 Å². The number of nitrogens with one attached hydrogen (secondary N) is 2. The zero-order chi connectivity index (χ0) is 15.1. The number of carbonyl (C=O) groups excluding carboxylic acids is 1. The Balaban J connectivity index is 0.00000242. The third kappa shape index (κ3) is 6.61. The van der Waals surface area contributed by atoms with Gasteiger partial charge in [-0.15, -0.1) is 12.4 Å². The van der Waals surface area contributed by atoms with Crippen molar-refractivity contribution in [3.05, 3.63) is 28.2 Å². The van der Waals surface area contributed by atoms with Gasteiger partial charge in [0, 0.05) is 11.6 Å². The van der Waals surface area contributed by atoms with Crippen molar-refractivity contribution < 1.29 is 9.53 Å². The average Bonchev–Trinajstić information content (AvgIpc) is 2.48. The van der Waals surface area contributed by atoms with Gasteiger partial charge in [-0.2, -0.15) is 0 Å². The second-order valence-corrected chi connectivity index (χ2v) is 6.03. The van der Waals surface area contributed by atoms with Crippen molar-refractivity contribution >= 4 is 41.5 Å². The Bertz CT molecular complexity index is 480. The minimum absolute atomic E-state index is 0. The molecule has 4 nitrogen and oxygen atoms in total. The molecule has 1 aromatic carbocycles. The van der Waals surface area contributed by atoms with Crippen LogP contribution in [0.25, 0.3) is 0 Å². The molecule has 1 amide bonds. The molecule has 0 bridgehead atoms. The van der Waals surface area contributed by atoms with E-state index in [1.54, 1.807) is 18.2 Å². The van der Waals surface area contributed by atoms with E-state index in [9.17, 15) is 4.79 Å². The fourth-order valence-corrected chi connectivity index (χ4v) is 2.75. The number of benzene rings is 1. The van der Waals surface area contributed by atoms with Gasteiger partial charge in [0.25, 0.3) is 0 Å². The predicted octanol–water partition coefficient (Wildman–Crippen LogP) is 3.30. The van der Waals surface area contributed by atoms with Gasteiger partial charge in [0.2, 0.25) is 5.91 Å². The van der Waals surface area contributed by atoms with Crippen molar-refractivity contribution in [3.63, 3.8) is 0 Å². The largest absolute Gasteiger partial charge is 0.491 e. The molecule has 2 rings (SSSR count). The van der Waals surface area contributed by atoms with Crippen LogP contribution in [-0.2, 0) is 4.79 Å². The molecule has 1 saturated heterocycles. The molecule has 1 atom stereocenters. The molecule has 0 aliphatic carbocycles. The predicted molar refractivity (Wildman–Crippen MR) is 92.4 cm³/mol. The molecule has 1 unspecified atom stereocenters. The number of carbonyl (C=O) groups is 1. The molecule has 1 fully saturated rings. The van der Waals surface area contributed by atoms with Gasteiger partial charge in [-0.3, -0.25) is 4.79 Å². The van der Waals surface area contributed by atoms with Crippen LogP contribution in [0, 0.1) is 5.92 Å². The highest BCUT2D eigenvalue weighted by Gasteiger charge is 2.13. The summed E-state index contributed by atoms with van der Waals surface area (Å²) in [6.45, 7) is 3.10. The van der Waals surface area contributed by atoms with Crippen molar-refractivity contribution in [2.45, 2.75) is 19.3 Å². The molecule has 0 aromatic heterocycles. The number of rotatable bonds is 6. The van der Waals surface area contributed by atoms with Crippen LogP contribution in [0.4, 0.5) is 0 Å². The Morgan fingerprint density at radius 3 is 2.91 bits per heavy atom.